The standard InChI is InChI=1S/C23H37NO9/c1-5-6-7-8-9-13(2)21-22(20(30-4)14(3)12-31-21)33-16(26)10-24-23-19(29)18(28)17(27)15(11-25)32-23/h5-9,14-15,17-25,27-29H,10-12H2,1-4H3/b6-5+,8-7+,13-9+/t14-,15+,17-,18-,19+,20-,21+,22+,23+/m0/s1. The number of carbonyl (C=O) groups excluding carboxylic acids is 1. The number of nitrogens with one attached hydrogen (secondary N) is 1. The predicted octanol–water partition coefficient (Wildman–Crippen LogP) is -0.584. The van der Waals surface area contributed by atoms with E-state index < -0.39 is 55.4 Å². The second-order valence-electron chi connectivity index (χ2n) is 8.34. The van der Waals surface area contributed by atoms with Gasteiger partial charge in [-0.05, 0) is 19.4 Å². The number of hydrogen-bond donors (Lipinski definition) is 5. The molecule has 10 nitrogen and oxygen atoms in total. The van der Waals surface area contributed by atoms with Gasteiger partial charge in [-0.3, -0.25) is 10.1 Å². The van der Waals surface area contributed by atoms with Crippen LogP contribution in [-0.2, 0) is 23.7 Å². The van der Waals surface area contributed by atoms with Crippen LogP contribution in [-0.4, -0.2) is 102 Å². The Morgan fingerprint density at radius 2 is 1.85 bits per heavy atom. The van der Waals surface area contributed by atoms with E-state index in [-0.39, 0.29) is 18.6 Å². The van der Waals surface area contributed by atoms with E-state index in [1.54, 1.807) is 7.11 Å². The summed E-state index contributed by atoms with van der Waals surface area (Å²) in [6, 6.07) is 0. The van der Waals surface area contributed by atoms with Gasteiger partial charge in [0, 0.05) is 13.0 Å². The van der Waals surface area contributed by atoms with Crippen molar-refractivity contribution in [2.24, 2.45) is 5.92 Å². The summed E-state index contributed by atoms with van der Waals surface area (Å²) in [5.41, 5.74) is 0.865. The highest BCUT2D eigenvalue weighted by molar-refractivity contribution is 5.72. The van der Waals surface area contributed by atoms with Crippen LogP contribution in [0.15, 0.2) is 36.0 Å². The quantitative estimate of drug-likeness (QED) is 0.218. The van der Waals surface area contributed by atoms with Crippen molar-refractivity contribution in [2.45, 2.75) is 69.7 Å². The molecule has 0 radical (unpaired) electrons. The first-order valence-electron chi connectivity index (χ1n) is 11.1. The Balaban J connectivity index is 2.06. The summed E-state index contributed by atoms with van der Waals surface area (Å²) in [5.74, 6) is -0.646. The number of ether oxygens (including phenoxy) is 4. The number of rotatable bonds is 9. The Morgan fingerprint density at radius 3 is 2.48 bits per heavy atom. The van der Waals surface area contributed by atoms with E-state index in [1.165, 1.54) is 0 Å². The molecule has 0 unspecified atom stereocenters. The average molecular weight is 472 g/mol. The number of aliphatic hydroxyl groups excluding tert-OH is 4. The smallest absolute Gasteiger partial charge is 0.320 e. The lowest BCUT2D eigenvalue weighted by Gasteiger charge is -2.41. The largest absolute Gasteiger partial charge is 0.455 e. The molecule has 10 heteroatoms. The number of esters is 1. The molecular weight excluding hydrogens is 434 g/mol. The van der Waals surface area contributed by atoms with Gasteiger partial charge in [-0.25, -0.2) is 0 Å². The number of carbonyl (C=O) groups is 1. The van der Waals surface area contributed by atoms with Crippen molar-refractivity contribution in [1.82, 2.24) is 5.32 Å². The molecule has 0 aromatic heterocycles. The van der Waals surface area contributed by atoms with Crippen LogP contribution in [0.4, 0.5) is 0 Å². The molecule has 9 atom stereocenters. The molecule has 0 saturated carbocycles. The van der Waals surface area contributed by atoms with Crippen molar-refractivity contribution in [3.8, 4) is 0 Å². The summed E-state index contributed by atoms with van der Waals surface area (Å²) in [6.45, 7) is 5.30. The zero-order valence-corrected chi connectivity index (χ0v) is 19.5. The van der Waals surface area contributed by atoms with Crippen LogP contribution in [0, 0.1) is 5.92 Å². The van der Waals surface area contributed by atoms with E-state index >= 15 is 0 Å². The molecule has 2 heterocycles. The molecule has 0 spiro atoms. The first-order chi connectivity index (χ1) is 15.7. The summed E-state index contributed by atoms with van der Waals surface area (Å²) < 4.78 is 22.7. The van der Waals surface area contributed by atoms with Crippen LogP contribution >= 0.6 is 0 Å². The minimum Gasteiger partial charge on any atom is -0.455 e. The van der Waals surface area contributed by atoms with Gasteiger partial charge in [-0.15, -0.1) is 0 Å². The molecule has 0 aromatic rings. The fourth-order valence-electron chi connectivity index (χ4n) is 3.95. The summed E-state index contributed by atoms with van der Waals surface area (Å²) in [7, 11) is 1.56. The van der Waals surface area contributed by atoms with E-state index in [4.69, 9.17) is 18.9 Å². The molecule has 0 aromatic carbocycles. The van der Waals surface area contributed by atoms with Gasteiger partial charge in [-0.2, -0.15) is 0 Å². The molecule has 33 heavy (non-hydrogen) atoms. The lowest BCUT2D eigenvalue weighted by Crippen LogP contribution is -2.63. The first-order valence-corrected chi connectivity index (χ1v) is 11.1. The normalized spacial score (nSPS) is 38.2. The topological polar surface area (TPSA) is 147 Å². The van der Waals surface area contributed by atoms with Gasteiger partial charge in [0.2, 0.25) is 0 Å². The number of aliphatic hydroxyl groups is 4. The lowest BCUT2D eigenvalue weighted by atomic mass is 9.90. The summed E-state index contributed by atoms with van der Waals surface area (Å²) in [5, 5.41) is 41.8. The molecular formula is C23H37NO9. The van der Waals surface area contributed by atoms with Gasteiger partial charge >= 0.3 is 5.97 Å². The van der Waals surface area contributed by atoms with Gasteiger partial charge in [0.25, 0.3) is 0 Å². The van der Waals surface area contributed by atoms with Crippen LogP contribution in [0.5, 0.6) is 0 Å². The van der Waals surface area contributed by atoms with Crippen LogP contribution in [0.3, 0.4) is 0 Å². The maximum absolute atomic E-state index is 12.7. The molecule has 0 bridgehead atoms. The molecule has 2 rings (SSSR count). The van der Waals surface area contributed by atoms with E-state index in [0.29, 0.717) is 6.61 Å². The number of methoxy groups -OCH3 is 1. The van der Waals surface area contributed by atoms with Crippen molar-refractivity contribution in [3.05, 3.63) is 36.0 Å². The van der Waals surface area contributed by atoms with Gasteiger partial charge in [0.1, 0.15) is 42.9 Å². The van der Waals surface area contributed by atoms with Gasteiger partial charge in [-0.1, -0.05) is 37.3 Å². The zero-order valence-electron chi connectivity index (χ0n) is 19.5. The van der Waals surface area contributed by atoms with E-state index in [1.807, 2.05) is 51.2 Å². The van der Waals surface area contributed by atoms with Crippen molar-refractivity contribution < 1.29 is 44.2 Å². The van der Waals surface area contributed by atoms with E-state index in [2.05, 4.69) is 5.32 Å². The minimum atomic E-state index is -1.54. The molecule has 0 aliphatic carbocycles. The molecule has 2 aliphatic rings. The van der Waals surface area contributed by atoms with Crippen molar-refractivity contribution >= 4 is 5.97 Å². The lowest BCUT2D eigenvalue weighted by molar-refractivity contribution is -0.237. The Bertz CT molecular complexity index is 708. The Hall–Kier alpha value is -1.63. The SMILES string of the molecule is C/C=C/C=C/C=C(\C)[C@H]1OC[C@H](C)[C@H](OC)[C@H]1OC(=O)CN[C@@H]1O[C@H](CO)[C@H](O)[C@H](O)[C@H]1O. The molecule has 188 valence electrons. The molecule has 0 amide bonds. The minimum absolute atomic E-state index is 0.00572. The van der Waals surface area contributed by atoms with Crippen molar-refractivity contribution in [1.29, 1.82) is 0 Å². The van der Waals surface area contributed by atoms with E-state index in [9.17, 15) is 25.2 Å². The Kier molecular flexibility index (Phi) is 11.1. The first kappa shape index (κ1) is 27.6. The Morgan fingerprint density at radius 1 is 1.12 bits per heavy atom. The van der Waals surface area contributed by atoms with Crippen molar-refractivity contribution in [2.75, 3.05) is 26.9 Å². The Labute approximate surface area is 194 Å². The average Bonchev–Trinajstić information content (AvgIpc) is 2.80. The summed E-state index contributed by atoms with van der Waals surface area (Å²) >= 11 is 0. The zero-order chi connectivity index (χ0) is 24.5. The molecule has 2 aliphatic heterocycles. The van der Waals surface area contributed by atoms with E-state index in [0.717, 1.165) is 5.57 Å². The van der Waals surface area contributed by atoms with Crippen LogP contribution in [0.25, 0.3) is 0 Å². The molecule has 2 saturated heterocycles. The highest BCUT2D eigenvalue weighted by Gasteiger charge is 2.44. The molecule has 5 N–H and O–H groups in total. The van der Waals surface area contributed by atoms with Crippen LogP contribution < -0.4 is 5.32 Å². The summed E-state index contributed by atoms with van der Waals surface area (Å²) in [4.78, 5) is 12.7. The third-order valence-electron chi connectivity index (χ3n) is 5.82. The monoisotopic (exact) mass is 471 g/mol. The van der Waals surface area contributed by atoms with Gasteiger partial charge < -0.3 is 39.4 Å². The second-order valence-corrected chi connectivity index (χ2v) is 8.34. The van der Waals surface area contributed by atoms with Gasteiger partial charge in [0.15, 0.2) is 6.10 Å². The fraction of sp³-hybridized carbons (Fsp3) is 0.696. The van der Waals surface area contributed by atoms with Crippen LogP contribution in [0.2, 0.25) is 0 Å². The number of allylic oxidation sites excluding steroid dienone is 5. The maximum atomic E-state index is 12.7. The second kappa shape index (κ2) is 13.3. The third-order valence-corrected chi connectivity index (χ3v) is 5.82. The number of hydrogen-bond acceptors (Lipinski definition) is 10. The third kappa shape index (κ3) is 7.17. The predicted molar refractivity (Wildman–Crippen MR) is 119 cm³/mol. The molecule has 2 fully saturated rings. The fourth-order valence-corrected chi connectivity index (χ4v) is 3.95. The highest BCUT2D eigenvalue weighted by Crippen LogP contribution is 2.29. The maximum Gasteiger partial charge on any atom is 0.320 e. The van der Waals surface area contributed by atoms with Crippen molar-refractivity contribution in [3.63, 3.8) is 0 Å². The highest BCUT2D eigenvalue weighted by atomic mass is 16.6. The van der Waals surface area contributed by atoms with Gasteiger partial charge in [0.05, 0.1) is 19.8 Å². The summed E-state index contributed by atoms with van der Waals surface area (Å²) in [6.07, 6.45) is 1.10. The van der Waals surface area contributed by atoms with Crippen LogP contribution in [0.1, 0.15) is 20.8 Å².